The summed E-state index contributed by atoms with van der Waals surface area (Å²) in [6, 6.07) is 10.0. The molecule has 0 saturated heterocycles. The van der Waals surface area contributed by atoms with Gasteiger partial charge < -0.3 is 10.6 Å². The van der Waals surface area contributed by atoms with Crippen LogP contribution in [-0.2, 0) is 13.0 Å². The van der Waals surface area contributed by atoms with Crippen molar-refractivity contribution < 1.29 is 9.18 Å². The van der Waals surface area contributed by atoms with Gasteiger partial charge in [0.15, 0.2) is 0 Å². The van der Waals surface area contributed by atoms with Crippen molar-refractivity contribution >= 4 is 28.3 Å². The number of nitrogens with one attached hydrogen (secondary N) is 2. The molecule has 25 heavy (non-hydrogen) atoms. The van der Waals surface area contributed by atoms with Crippen LogP contribution in [0.2, 0.25) is 0 Å². The van der Waals surface area contributed by atoms with Gasteiger partial charge in [0.25, 0.3) is 5.56 Å². The Morgan fingerprint density at radius 1 is 1.08 bits per heavy atom. The topological polar surface area (TPSA) is 76.0 Å². The minimum absolute atomic E-state index is 0.0832. The minimum Gasteiger partial charge on any atom is -0.308 e. The highest BCUT2D eigenvalue weighted by Crippen LogP contribution is 2.19. The predicted molar refractivity (Wildman–Crippen MR) is 93.4 cm³/mol. The average molecular weight is 338 g/mol. The van der Waals surface area contributed by atoms with Crippen LogP contribution in [0.3, 0.4) is 0 Å². The SMILES string of the molecule is O=C(Nc1ccc(F)cc1)Nc1ccc2nc3n(c(=O)c2c1)CCC3. The summed E-state index contributed by atoms with van der Waals surface area (Å²) in [5.74, 6) is 0.438. The Labute approximate surface area is 142 Å². The van der Waals surface area contributed by atoms with Crippen molar-refractivity contribution in [3.8, 4) is 0 Å². The molecule has 0 unspecified atom stereocenters. The summed E-state index contributed by atoms with van der Waals surface area (Å²) in [6.07, 6.45) is 1.73. The lowest BCUT2D eigenvalue weighted by Gasteiger charge is -2.09. The van der Waals surface area contributed by atoms with Crippen LogP contribution in [0.5, 0.6) is 0 Å². The maximum Gasteiger partial charge on any atom is 0.323 e. The Hall–Kier alpha value is -3.22. The van der Waals surface area contributed by atoms with Gasteiger partial charge in [-0.05, 0) is 48.9 Å². The number of amides is 2. The number of halogens is 1. The standard InChI is InChI=1S/C18H15FN4O2/c19-11-3-5-12(6-4-11)20-18(25)21-13-7-8-15-14(10-13)17(24)23-9-1-2-16(23)22-15/h3-8,10H,1-2,9H2,(H2,20,21,25). The second-order valence-electron chi connectivity index (χ2n) is 5.91. The second-order valence-corrected chi connectivity index (χ2v) is 5.91. The van der Waals surface area contributed by atoms with Crippen molar-refractivity contribution in [2.24, 2.45) is 0 Å². The van der Waals surface area contributed by atoms with Crippen LogP contribution < -0.4 is 16.2 Å². The van der Waals surface area contributed by atoms with E-state index in [-0.39, 0.29) is 11.4 Å². The molecule has 1 aliphatic rings. The second kappa shape index (κ2) is 6.01. The van der Waals surface area contributed by atoms with E-state index >= 15 is 0 Å². The number of urea groups is 1. The number of hydrogen-bond acceptors (Lipinski definition) is 3. The van der Waals surface area contributed by atoms with Crippen molar-refractivity contribution in [2.75, 3.05) is 10.6 Å². The predicted octanol–water partition coefficient (Wildman–Crippen LogP) is 3.13. The van der Waals surface area contributed by atoms with Gasteiger partial charge in [-0.3, -0.25) is 9.36 Å². The Morgan fingerprint density at radius 2 is 1.80 bits per heavy atom. The lowest BCUT2D eigenvalue weighted by molar-refractivity contribution is 0.262. The van der Waals surface area contributed by atoms with Gasteiger partial charge in [-0.25, -0.2) is 14.2 Å². The maximum atomic E-state index is 12.9. The fourth-order valence-corrected chi connectivity index (χ4v) is 2.99. The Kier molecular flexibility index (Phi) is 3.68. The molecule has 3 aromatic rings. The molecule has 126 valence electrons. The number of hydrogen-bond donors (Lipinski definition) is 2. The molecule has 0 aliphatic carbocycles. The van der Waals surface area contributed by atoms with Gasteiger partial charge in [0.1, 0.15) is 11.6 Å². The van der Waals surface area contributed by atoms with E-state index in [1.54, 1.807) is 22.8 Å². The molecule has 2 aromatic carbocycles. The summed E-state index contributed by atoms with van der Waals surface area (Å²) in [6.45, 7) is 0.680. The smallest absolute Gasteiger partial charge is 0.308 e. The molecule has 0 radical (unpaired) electrons. The van der Waals surface area contributed by atoms with E-state index in [0.717, 1.165) is 18.7 Å². The number of fused-ring (bicyclic) bond motifs is 2. The maximum absolute atomic E-state index is 12.9. The molecule has 4 rings (SSSR count). The third-order valence-electron chi connectivity index (χ3n) is 4.18. The van der Waals surface area contributed by atoms with Crippen LogP contribution in [0.1, 0.15) is 12.2 Å². The molecule has 0 spiro atoms. The van der Waals surface area contributed by atoms with E-state index < -0.39 is 6.03 Å². The molecule has 1 aromatic heterocycles. The summed E-state index contributed by atoms with van der Waals surface area (Å²) in [5.41, 5.74) is 1.51. The van der Waals surface area contributed by atoms with Crippen molar-refractivity contribution in [1.29, 1.82) is 0 Å². The van der Waals surface area contributed by atoms with E-state index in [4.69, 9.17) is 0 Å². The van der Waals surface area contributed by atoms with E-state index in [1.165, 1.54) is 24.3 Å². The highest BCUT2D eigenvalue weighted by atomic mass is 19.1. The summed E-state index contributed by atoms with van der Waals surface area (Å²) < 4.78 is 14.6. The molecule has 6 nitrogen and oxygen atoms in total. The van der Waals surface area contributed by atoms with Crippen LogP contribution in [0.25, 0.3) is 10.9 Å². The molecule has 0 saturated carbocycles. The van der Waals surface area contributed by atoms with Crippen LogP contribution in [-0.4, -0.2) is 15.6 Å². The number of aromatic nitrogens is 2. The number of nitrogens with zero attached hydrogens (tertiary/aromatic N) is 2. The van der Waals surface area contributed by atoms with E-state index in [1.807, 2.05) is 0 Å². The van der Waals surface area contributed by atoms with E-state index in [2.05, 4.69) is 15.6 Å². The molecule has 0 fully saturated rings. The monoisotopic (exact) mass is 338 g/mol. The number of anilines is 2. The summed E-state index contributed by atoms with van der Waals surface area (Å²) in [5, 5.41) is 5.76. The Morgan fingerprint density at radius 3 is 2.60 bits per heavy atom. The number of rotatable bonds is 2. The lowest BCUT2D eigenvalue weighted by Crippen LogP contribution is -2.22. The fourth-order valence-electron chi connectivity index (χ4n) is 2.99. The zero-order valence-electron chi connectivity index (χ0n) is 13.3. The molecule has 2 amide bonds. The average Bonchev–Trinajstić information content (AvgIpc) is 3.06. The van der Waals surface area contributed by atoms with Gasteiger partial charge >= 0.3 is 6.03 Å². The van der Waals surface area contributed by atoms with Crippen LogP contribution in [0.15, 0.2) is 47.3 Å². The quantitative estimate of drug-likeness (QED) is 0.754. The van der Waals surface area contributed by atoms with Gasteiger partial charge in [-0.15, -0.1) is 0 Å². The number of benzene rings is 2. The third-order valence-corrected chi connectivity index (χ3v) is 4.18. The van der Waals surface area contributed by atoms with Crippen LogP contribution in [0, 0.1) is 5.82 Å². The number of carbonyl (C=O) groups excluding carboxylic acids is 1. The summed E-state index contributed by atoms with van der Waals surface area (Å²) in [7, 11) is 0. The summed E-state index contributed by atoms with van der Waals surface area (Å²) in [4.78, 5) is 29.1. The molecule has 2 N–H and O–H groups in total. The van der Waals surface area contributed by atoms with Crippen molar-refractivity contribution in [3.05, 3.63) is 64.5 Å². The molecule has 7 heteroatoms. The van der Waals surface area contributed by atoms with Gasteiger partial charge in [0, 0.05) is 24.3 Å². The molecule has 0 bridgehead atoms. The third kappa shape index (κ3) is 2.96. The van der Waals surface area contributed by atoms with Crippen molar-refractivity contribution in [3.63, 3.8) is 0 Å². The van der Waals surface area contributed by atoms with Gasteiger partial charge in [-0.2, -0.15) is 0 Å². The minimum atomic E-state index is -0.472. The Balaban J connectivity index is 1.58. The highest BCUT2D eigenvalue weighted by Gasteiger charge is 2.16. The molecular weight excluding hydrogens is 323 g/mol. The van der Waals surface area contributed by atoms with Gasteiger partial charge in [-0.1, -0.05) is 0 Å². The fraction of sp³-hybridized carbons (Fsp3) is 0.167. The molecule has 1 aliphatic heterocycles. The Bertz CT molecular complexity index is 1030. The number of carbonyl (C=O) groups is 1. The normalized spacial score (nSPS) is 12.8. The first kappa shape index (κ1) is 15.3. The highest BCUT2D eigenvalue weighted by molar-refractivity contribution is 6.00. The largest absolute Gasteiger partial charge is 0.323 e. The number of aryl methyl sites for hydroxylation is 1. The van der Waals surface area contributed by atoms with Gasteiger partial charge in [0.2, 0.25) is 0 Å². The first-order chi connectivity index (χ1) is 12.1. The first-order valence-electron chi connectivity index (χ1n) is 7.97. The van der Waals surface area contributed by atoms with Crippen molar-refractivity contribution in [2.45, 2.75) is 19.4 Å². The first-order valence-corrected chi connectivity index (χ1v) is 7.97. The van der Waals surface area contributed by atoms with Crippen molar-refractivity contribution in [1.82, 2.24) is 9.55 Å². The van der Waals surface area contributed by atoms with Crippen LogP contribution in [0.4, 0.5) is 20.6 Å². The van der Waals surface area contributed by atoms with E-state index in [0.29, 0.717) is 28.8 Å². The molecule has 2 heterocycles. The zero-order valence-corrected chi connectivity index (χ0v) is 13.3. The van der Waals surface area contributed by atoms with E-state index in [9.17, 15) is 14.0 Å². The van der Waals surface area contributed by atoms with Crippen LogP contribution >= 0.6 is 0 Å². The molecule has 0 atom stereocenters. The zero-order chi connectivity index (χ0) is 17.4. The molecular formula is C18H15FN4O2. The summed E-state index contributed by atoms with van der Waals surface area (Å²) >= 11 is 0. The lowest BCUT2D eigenvalue weighted by atomic mass is 10.2. The van der Waals surface area contributed by atoms with Gasteiger partial charge in [0.05, 0.1) is 10.9 Å².